The molecule has 0 unspecified atom stereocenters. The molecule has 0 saturated carbocycles. The lowest BCUT2D eigenvalue weighted by molar-refractivity contribution is 0.555. The minimum atomic E-state index is -3.19. The summed E-state index contributed by atoms with van der Waals surface area (Å²) in [5.41, 5.74) is 9.26. The zero-order valence-electron chi connectivity index (χ0n) is 14.5. The van der Waals surface area contributed by atoms with Crippen molar-refractivity contribution in [2.75, 3.05) is 18.1 Å². The smallest absolute Gasteiger partial charge is 0.193 e. The maximum atomic E-state index is 11.7. The number of sulfone groups is 1. The van der Waals surface area contributed by atoms with Gasteiger partial charge in [-0.2, -0.15) is 0 Å². The summed E-state index contributed by atoms with van der Waals surface area (Å²) in [6.45, 7) is 7.59. The molecule has 132 valence electrons. The van der Waals surface area contributed by atoms with Crippen molar-refractivity contribution < 1.29 is 8.42 Å². The number of nitrogens with one attached hydrogen (secondary N) is 1. The number of aliphatic imine (C=N–C) groups is 1. The standard InChI is InChI=1S/C16H27N3O2S.HI/c1-6-12-9-8-10-13(7-2)14(12)19-15(17)18-11-16(3,4)22(5,20)21;/h8-10H,6-7,11H2,1-5H3,(H3,17,18,19);1H. The van der Waals surface area contributed by atoms with Gasteiger partial charge in [0.05, 0.1) is 11.3 Å². The van der Waals surface area contributed by atoms with Crippen LogP contribution in [0.1, 0.15) is 38.8 Å². The summed E-state index contributed by atoms with van der Waals surface area (Å²) < 4.78 is 22.5. The summed E-state index contributed by atoms with van der Waals surface area (Å²) in [5, 5.41) is 3.14. The number of benzene rings is 1. The third-order valence-corrected chi connectivity index (χ3v) is 6.02. The maximum absolute atomic E-state index is 11.7. The highest BCUT2D eigenvalue weighted by Crippen LogP contribution is 2.22. The van der Waals surface area contributed by atoms with Crippen molar-refractivity contribution in [3.05, 3.63) is 29.3 Å². The van der Waals surface area contributed by atoms with Crippen molar-refractivity contribution in [3.8, 4) is 0 Å². The van der Waals surface area contributed by atoms with Gasteiger partial charge in [-0.05, 0) is 37.8 Å². The van der Waals surface area contributed by atoms with Crippen LogP contribution in [0.5, 0.6) is 0 Å². The van der Waals surface area contributed by atoms with E-state index in [1.165, 1.54) is 17.4 Å². The highest BCUT2D eigenvalue weighted by molar-refractivity contribution is 14.0. The average molecular weight is 453 g/mol. The summed E-state index contributed by atoms with van der Waals surface area (Å²) in [4.78, 5) is 4.21. The van der Waals surface area contributed by atoms with Gasteiger partial charge in [-0.25, -0.2) is 8.42 Å². The molecule has 0 aromatic heterocycles. The van der Waals surface area contributed by atoms with Crippen LogP contribution in [0.15, 0.2) is 23.2 Å². The molecule has 1 aromatic carbocycles. The van der Waals surface area contributed by atoms with Gasteiger partial charge < -0.3 is 11.1 Å². The first-order valence-corrected chi connectivity index (χ1v) is 9.38. The largest absolute Gasteiger partial charge is 0.370 e. The van der Waals surface area contributed by atoms with E-state index in [9.17, 15) is 8.42 Å². The highest BCUT2D eigenvalue weighted by Gasteiger charge is 2.29. The summed E-state index contributed by atoms with van der Waals surface area (Å²) in [6.07, 6.45) is 2.99. The van der Waals surface area contributed by atoms with E-state index in [4.69, 9.17) is 5.73 Å². The molecule has 3 N–H and O–H groups in total. The summed E-state index contributed by atoms with van der Waals surface area (Å²) >= 11 is 0. The van der Waals surface area contributed by atoms with Crippen molar-refractivity contribution in [2.45, 2.75) is 45.3 Å². The van der Waals surface area contributed by atoms with Gasteiger partial charge in [0.2, 0.25) is 0 Å². The first kappa shape index (κ1) is 22.2. The van der Waals surface area contributed by atoms with Crippen LogP contribution in [0.2, 0.25) is 0 Å². The predicted molar refractivity (Wildman–Crippen MR) is 110 cm³/mol. The SMILES string of the molecule is CCc1cccc(CC)c1NC(N)=NCC(C)(C)S(C)(=O)=O.I. The van der Waals surface area contributed by atoms with Crippen LogP contribution in [0.4, 0.5) is 5.69 Å². The van der Waals surface area contributed by atoms with Crippen LogP contribution in [0, 0.1) is 0 Å². The van der Waals surface area contributed by atoms with E-state index in [1.54, 1.807) is 13.8 Å². The Morgan fingerprint density at radius 2 is 1.70 bits per heavy atom. The molecule has 0 aliphatic rings. The number of halogens is 1. The second-order valence-corrected chi connectivity index (χ2v) is 8.67. The van der Waals surface area contributed by atoms with Crippen LogP contribution in [-0.2, 0) is 22.7 Å². The van der Waals surface area contributed by atoms with Crippen molar-refractivity contribution in [3.63, 3.8) is 0 Å². The van der Waals surface area contributed by atoms with Gasteiger partial charge in [0.1, 0.15) is 0 Å². The van der Waals surface area contributed by atoms with E-state index in [2.05, 4.69) is 36.3 Å². The van der Waals surface area contributed by atoms with Crippen LogP contribution >= 0.6 is 24.0 Å². The number of guanidine groups is 1. The first-order valence-electron chi connectivity index (χ1n) is 7.49. The highest BCUT2D eigenvalue weighted by atomic mass is 127. The third kappa shape index (κ3) is 5.95. The molecule has 0 radical (unpaired) electrons. The molecular formula is C16H28IN3O2S. The van der Waals surface area contributed by atoms with Gasteiger partial charge in [-0.3, -0.25) is 4.99 Å². The van der Waals surface area contributed by atoms with E-state index in [1.807, 2.05) is 6.07 Å². The molecule has 0 spiro atoms. The fourth-order valence-electron chi connectivity index (χ4n) is 1.96. The Labute approximate surface area is 157 Å². The lowest BCUT2D eigenvalue weighted by atomic mass is 10.0. The fourth-order valence-corrected chi connectivity index (χ4v) is 2.26. The monoisotopic (exact) mass is 453 g/mol. The van der Waals surface area contributed by atoms with E-state index in [0.29, 0.717) is 0 Å². The zero-order chi connectivity index (χ0) is 17.0. The molecule has 5 nitrogen and oxygen atoms in total. The van der Waals surface area contributed by atoms with Crippen LogP contribution < -0.4 is 11.1 Å². The fraction of sp³-hybridized carbons (Fsp3) is 0.562. The normalized spacial score (nSPS) is 12.7. The number of anilines is 1. The minimum absolute atomic E-state index is 0. The Morgan fingerprint density at radius 1 is 1.22 bits per heavy atom. The second-order valence-electron chi connectivity index (χ2n) is 6.02. The van der Waals surface area contributed by atoms with E-state index in [-0.39, 0.29) is 36.5 Å². The molecule has 0 heterocycles. The van der Waals surface area contributed by atoms with Crippen LogP contribution in [-0.4, -0.2) is 31.9 Å². The number of hydrogen-bond donors (Lipinski definition) is 2. The molecule has 7 heteroatoms. The Kier molecular flexibility index (Phi) is 8.54. The third-order valence-electron chi connectivity index (χ3n) is 3.89. The molecule has 1 aromatic rings. The topological polar surface area (TPSA) is 84.5 Å². The average Bonchev–Trinajstić information content (AvgIpc) is 2.44. The minimum Gasteiger partial charge on any atom is -0.370 e. The molecule has 0 saturated heterocycles. The molecule has 0 bridgehead atoms. The van der Waals surface area contributed by atoms with Crippen molar-refractivity contribution in [1.82, 2.24) is 0 Å². The summed E-state index contributed by atoms with van der Waals surface area (Å²) in [7, 11) is -3.19. The number of aryl methyl sites for hydroxylation is 2. The predicted octanol–water partition coefficient (Wildman–Crippen LogP) is 2.98. The van der Waals surface area contributed by atoms with Crippen molar-refractivity contribution in [1.29, 1.82) is 0 Å². The molecular weight excluding hydrogens is 425 g/mol. The van der Waals surface area contributed by atoms with E-state index >= 15 is 0 Å². The van der Waals surface area contributed by atoms with Crippen molar-refractivity contribution >= 4 is 45.5 Å². The lowest BCUT2D eigenvalue weighted by Crippen LogP contribution is -2.36. The van der Waals surface area contributed by atoms with Gasteiger partial charge in [-0.1, -0.05) is 32.0 Å². The lowest BCUT2D eigenvalue weighted by Gasteiger charge is -2.20. The van der Waals surface area contributed by atoms with E-state index in [0.717, 1.165) is 18.5 Å². The molecule has 0 amide bonds. The molecule has 0 fully saturated rings. The first-order chi connectivity index (χ1) is 10.1. The molecule has 23 heavy (non-hydrogen) atoms. The quantitative estimate of drug-likeness (QED) is 0.394. The Bertz CT molecular complexity index is 633. The summed E-state index contributed by atoms with van der Waals surface area (Å²) in [6, 6.07) is 6.13. The molecule has 1 rings (SSSR count). The number of rotatable bonds is 6. The van der Waals surface area contributed by atoms with Gasteiger partial charge in [0.25, 0.3) is 0 Å². The number of para-hydroxylation sites is 1. The number of hydrogen-bond acceptors (Lipinski definition) is 3. The van der Waals surface area contributed by atoms with Gasteiger partial charge in [-0.15, -0.1) is 24.0 Å². The Morgan fingerprint density at radius 3 is 2.09 bits per heavy atom. The van der Waals surface area contributed by atoms with Gasteiger partial charge in [0.15, 0.2) is 15.8 Å². The number of nitrogens with two attached hydrogens (primary N) is 1. The zero-order valence-corrected chi connectivity index (χ0v) is 17.7. The van der Waals surface area contributed by atoms with Gasteiger partial charge in [0, 0.05) is 11.9 Å². The molecule has 0 aliphatic heterocycles. The number of nitrogens with zero attached hydrogens (tertiary/aromatic N) is 1. The summed E-state index contributed by atoms with van der Waals surface area (Å²) in [5.74, 6) is 0.243. The Hall–Kier alpha value is -0.830. The van der Waals surface area contributed by atoms with Crippen molar-refractivity contribution in [2.24, 2.45) is 10.7 Å². The van der Waals surface area contributed by atoms with E-state index < -0.39 is 14.6 Å². The van der Waals surface area contributed by atoms with Crippen LogP contribution in [0.3, 0.4) is 0 Å². The molecule has 0 atom stereocenters. The molecule has 0 aliphatic carbocycles. The maximum Gasteiger partial charge on any atom is 0.193 e. The van der Waals surface area contributed by atoms with Gasteiger partial charge >= 0.3 is 0 Å². The van der Waals surface area contributed by atoms with Crippen LogP contribution in [0.25, 0.3) is 0 Å². The Balaban J connectivity index is 0.00000484. The second kappa shape index (κ2) is 8.86.